The molecule has 2 aliphatic heterocycles. The molecule has 3 rings (SSSR count). The van der Waals surface area contributed by atoms with Crippen LogP contribution in [0.25, 0.3) is 0 Å². The van der Waals surface area contributed by atoms with Crippen molar-refractivity contribution in [3.63, 3.8) is 0 Å². The fraction of sp³-hybridized carbons (Fsp3) is 0.500. The van der Waals surface area contributed by atoms with Gasteiger partial charge in [0.25, 0.3) is 0 Å². The van der Waals surface area contributed by atoms with Crippen molar-refractivity contribution in [3.8, 4) is 5.75 Å². The molecule has 2 atom stereocenters. The number of rotatable bonds is 5. The van der Waals surface area contributed by atoms with E-state index in [1.165, 1.54) is 0 Å². The molecule has 6 nitrogen and oxygen atoms in total. The highest BCUT2D eigenvalue weighted by Gasteiger charge is 2.37. The highest BCUT2D eigenvalue weighted by molar-refractivity contribution is 5.92. The zero-order valence-electron chi connectivity index (χ0n) is 12.5. The molecule has 2 heterocycles. The van der Waals surface area contributed by atoms with Crippen LogP contribution in [0.3, 0.4) is 0 Å². The number of likely N-dealkylation sites (tertiary alicyclic amines) is 1. The topological polar surface area (TPSA) is 84.7 Å². The number of carbonyl (C=O) groups excluding carboxylic acids is 2. The summed E-state index contributed by atoms with van der Waals surface area (Å²) in [5.41, 5.74) is 5.62. The van der Waals surface area contributed by atoms with Crippen LogP contribution in [0.2, 0.25) is 0 Å². The SMILES string of the molecule is NC(=O)c1ccc(OCCC(=O)N2C[C@H]3CNC[C@H]3C2)cc1. The van der Waals surface area contributed by atoms with Crippen LogP contribution < -0.4 is 15.8 Å². The number of hydrogen-bond donors (Lipinski definition) is 2. The van der Waals surface area contributed by atoms with Gasteiger partial charge in [-0.15, -0.1) is 0 Å². The maximum absolute atomic E-state index is 12.2. The minimum absolute atomic E-state index is 0.156. The zero-order valence-corrected chi connectivity index (χ0v) is 12.5. The van der Waals surface area contributed by atoms with E-state index >= 15 is 0 Å². The van der Waals surface area contributed by atoms with E-state index in [4.69, 9.17) is 10.5 Å². The summed E-state index contributed by atoms with van der Waals surface area (Å²) in [4.78, 5) is 25.1. The second-order valence-corrected chi connectivity index (χ2v) is 5.96. The molecule has 0 bridgehead atoms. The number of benzene rings is 1. The Morgan fingerprint density at radius 2 is 1.82 bits per heavy atom. The van der Waals surface area contributed by atoms with Crippen LogP contribution in [0.1, 0.15) is 16.8 Å². The van der Waals surface area contributed by atoms with Crippen molar-refractivity contribution in [1.29, 1.82) is 0 Å². The van der Waals surface area contributed by atoms with Crippen LogP contribution in [0.5, 0.6) is 5.75 Å². The van der Waals surface area contributed by atoms with Crippen molar-refractivity contribution in [2.45, 2.75) is 6.42 Å². The van der Waals surface area contributed by atoms with Crippen LogP contribution in [0.4, 0.5) is 0 Å². The summed E-state index contributed by atoms with van der Waals surface area (Å²) in [6.07, 6.45) is 0.379. The van der Waals surface area contributed by atoms with Gasteiger partial charge in [0.2, 0.25) is 11.8 Å². The lowest BCUT2D eigenvalue weighted by Gasteiger charge is -2.17. The molecular formula is C16H21N3O3. The Kier molecular flexibility index (Phi) is 4.29. The van der Waals surface area contributed by atoms with Gasteiger partial charge in [0.15, 0.2) is 0 Å². The second kappa shape index (κ2) is 6.36. The van der Waals surface area contributed by atoms with Gasteiger partial charge in [0, 0.05) is 31.7 Å². The third kappa shape index (κ3) is 3.22. The summed E-state index contributed by atoms with van der Waals surface area (Å²) < 4.78 is 5.55. The Hall–Kier alpha value is -2.08. The number of ether oxygens (including phenoxy) is 1. The fourth-order valence-electron chi connectivity index (χ4n) is 3.19. The van der Waals surface area contributed by atoms with Crippen molar-refractivity contribution >= 4 is 11.8 Å². The third-order valence-electron chi connectivity index (χ3n) is 4.47. The Balaban J connectivity index is 1.43. The Labute approximate surface area is 129 Å². The number of fused-ring (bicyclic) bond motifs is 1. The molecular weight excluding hydrogens is 282 g/mol. The molecule has 0 saturated carbocycles. The summed E-state index contributed by atoms with van der Waals surface area (Å²) in [6.45, 7) is 4.13. The minimum Gasteiger partial charge on any atom is -0.493 e. The monoisotopic (exact) mass is 303 g/mol. The molecule has 3 N–H and O–H groups in total. The van der Waals surface area contributed by atoms with Crippen LogP contribution in [-0.2, 0) is 4.79 Å². The van der Waals surface area contributed by atoms with Gasteiger partial charge in [0.05, 0.1) is 13.0 Å². The van der Waals surface area contributed by atoms with Crippen molar-refractivity contribution in [1.82, 2.24) is 10.2 Å². The lowest BCUT2D eigenvalue weighted by atomic mass is 10.0. The van der Waals surface area contributed by atoms with E-state index in [0.717, 1.165) is 26.2 Å². The largest absolute Gasteiger partial charge is 0.493 e. The highest BCUT2D eigenvalue weighted by atomic mass is 16.5. The quantitative estimate of drug-likeness (QED) is 0.815. The van der Waals surface area contributed by atoms with E-state index < -0.39 is 5.91 Å². The van der Waals surface area contributed by atoms with Gasteiger partial charge in [0.1, 0.15) is 5.75 Å². The van der Waals surface area contributed by atoms with Crippen molar-refractivity contribution in [2.75, 3.05) is 32.8 Å². The fourth-order valence-corrected chi connectivity index (χ4v) is 3.19. The molecule has 0 aromatic heterocycles. The Bertz CT molecular complexity index is 546. The first-order valence-electron chi connectivity index (χ1n) is 7.64. The van der Waals surface area contributed by atoms with Crippen LogP contribution >= 0.6 is 0 Å². The number of amides is 2. The first-order valence-corrected chi connectivity index (χ1v) is 7.64. The van der Waals surface area contributed by atoms with Crippen LogP contribution in [0.15, 0.2) is 24.3 Å². The molecule has 0 radical (unpaired) electrons. The number of carbonyl (C=O) groups is 2. The Morgan fingerprint density at radius 1 is 1.18 bits per heavy atom. The molecule has 1 aromatic rings. The van der Waals surface area contributed by atoms with Gasteiger partial charge in [-0.2, -0.15) is 0 Å². The van der Waals surface area contributed by atoms with Gasteiger partial charge < -0.3 is 20.7 Å². The maximum Gasteiger partial charge on any atom is 0.248 e. The van der Waals surface area contributed by atoms with E-state index in [0.29, 0.717) is 36.2 Å². The first-order chi connectivity index (χ1) is 10.6. The molecule has 118 valence electrons. The van der Waals surface area contributed by atoms with Gasteiger partial charge >= 0.3 is 0 Å². The van der Waals surface area contributed by atoms with Crippen LogP contribution in [0, 0.1) is 11.8 Å². The average molecular weight is 303 g/mol. The molecule has 6 heteroatoms. The normalized spacial score (nSPS) is 23.4. The smallest absolute Gasteiger partial charge is 0.248 e. The summed E-state index contributed by atoms with van der Waals surface area (Å²) in [7, 11) is 0. The van der Waals surface area contributed by atoms with Crippen molar-refractivity contribution < 1.29 is 14.3 Å². The lowest BCUT2D eigenvalue weighted by Crippen LogP contribution is -2.32. The molecule has 0 unspecified atom stereocenters. The second-order valence-electron chi connectivity index (χ2n) is 5.96. The number of primary amides is 1. The Morgan fingerprint density at radius 3 is 2.41 bits per heavy atom. The number of nitrogens with zero attached hydrogens (tertiary/aromatic N) is 1. The summed E-state index contributed by atoms with van der Waals surface area (Å²) in [5, 5.41) is 3.37. The first kappa shape index (κ1) is 14.8. The van der Waals surface area contributed by atoms with Gasteiger partial charge in [-0.05, 0) is 36.1 Å². The lowest BCUT2D eigenvalue weighted by molar-refractivity contribution is -0.130. The maximum atomic E-state index is 12.2. The number of hydrogen-bond acceptors (Lipinski definition) is 4. The van der Waals surface area contributed by atoms with Crippen LogP contribution in [-0.4, -0.2) is 49.5 Å². The summed E-state index contributed by atoms with van der Waals surface area (Å²) in [5.74, 6) is 1.57. The summed E-state index contributed by atoms with van der Waals surface area (Å²) >= 11 is 0. The predicted molar refractivity (Wildman–Crippen MR) is 81.5 cm³/mol. The van der Waals surface area contributed by atoms with E-state index in [-0.39, 0.29) is 5.91 Å². The van der Waals surface area contributed by atoms with E-state index in [1.54, 1.807) is 24.3 Å². The van der Waals surface area contributed by atoms with Gasteiger partial charge in [-0.25, -0.2) is 0 Å². The van der Waals surface area contributed by atoms with Crippen molar-refractivity contribution in [2.24, 2.45) is 17.6 Å². The third-order valence-corrected chi connectivity index (χ3v) is 4.47. The van der Waals surface area contributed by atoms with E-state index in [2.05, 4.69) is 5.32 Å². The zero-order chi connectivity index (χ0) is 15.5. The molecule has 2 saturated heterocycles. The molecule has 0 aliphatic carbocycles. The van der Waals surface area contributed by atoms with E-state index in [9.17, 15) is 9.59 Å². The molecule has 22 heavy (non-hydrogen) atoms. The number of nitrogens with one attached hydrogen (secondary N) is 1. The molecule has 2 fully saturated rings. The molecule has 2 amide bonds. The predicted octanol–water partition coefficient (Wildman–Crippen LogP) is 0.232. The molecule has 1 aromatic carbocycles. The molecule has 2 aliphatic rings. The van der Waals surface area contributed by atoms with Gasteiger partial charge in [-0.1, -0.05) is 0 Å². The van der Waals surface area contributed by atoms with Gasteiger partial charge in [-0.3, -0.25) is 9.59 Å². The van der Waals surface area contributed by atoms with Crippen molar-refractivity contribution in [3.05, 3.63) is 29.8 Å². The molecule has 0 spiro atoms. The summed E-state index contributed by atoms with van der Waals surface area (Å²) in [6, 6.07) is 6.62. The highest BCUT2D eigenvalue weighted by Crippen LogP contribution is 2.26. The number of nitrogens with two attached hydrogens (primary N) is 1. The van der Waals surface area contributed by atoms with E-state index in [1.807, 2.05) is 4.90 Å². The minimum atomic E-state index is -0.462. The standard InChI is InChI=1S/C16H21N3O3/c17-16(21)11-1-3-14(4-2-11)22-6-5-15(20)19-9-12-7-18-8-13(12)10-19/h1-4,12-13,18H,5-10H2,(H2,17,21)/t12-,13+. The average Bonchev–Trinajstić information content (AvgIpc) is 3.09.